The van der Waals surface area contributed by atoms with Gasteiger partial charge in [-0.1, -0.05) is 27.7 Å². The van der Waals surface area contributed by atoms with Gasteiger partial charge < -0.3 is 0 Å². The van der Waals surface area contributed by atoms with Crippen molar-refractivity contribution in [2.24, 2.45) is 5.41 Å². The molecule has 0 aromatic carbocycles. The molecule has 86 valence electrons. The molecule has 2 aliphatic carbocycles. The summed E-state index contributed by atoms with van der Waals surface area (Å²) in [7, 11) is 0. The Bertz CT molecular complexity index is 301. The second kappa shape index (κ2) is 6.55. The topological polar surface area (TPSA) is 0 Å². The second-order valence-electron chi connectivity index (χ2n) is 5.77. The molecule has 16 heavy (non-hydrogen) atoms. The molecule has 0 atom stereocenters. The van der Waals surface area contributed by atoms with Crippen LogP contribution in [0.5, 0.6) is 0 Å². The van der Waals surface area contributed by atoms with E-state index in [1.54, 1.807) is 6.56 Å². The Labute approximate surface area is 112 Å². The molecule has 0 spiro atoms. The SMILES string of the molecule is C1=CC[C]([Zr][C]2=CC=CC2)=C1.CC(C)(C)C. The van der Waals surface area contributed by atoms with Gasteiger partial charge in [0.25, 0.3) is 0 Å². The molecule has 0 unspecified atom stereocenters. The minimum Gasteiger partial charge on any atom is -0.0604 e. The van der Waals surface area contributed by atoms with Gasteiger partial charge >= 0.3 is 79.1 Å². The molecule has 0 heterocycles. The van der Waals surface area contributed by atoms with E-state index in [-0.39, 0.29) is 23.2 Å². The van der Waals surface area contributed by atoms with Crippen molar-refractivity contribution < 1.29 is 23.2 Å². The molecule has 2 rings (SSSR count). The van der Waals surface area contributed by atoms with Gasteiger partial charge in [0.05, 0.1) is 0 Å². The van der Waals surface area contributed by atoms with E-state index in [0.29, 0.717) is 5.41 Å². The Hall–Kier alpha value is -0.157. The van der Waals surface area contributed by atoms with Crippen molar-refractivity contribution in [3.8, 4) is 0 Å². The molecule has 0 nitrogen and oxygen atoms in total. The third kappa shape index (κ3) is 7.17. The first kappa shape index (κ1) is 13.9. The van der Waals surface area contributed by atoms with Crippen LogP contribution in [0, 0.1) is 5.41 Å². The molecular weight excluding hydrogens is 271 g/mol. The van der Waals surface area contributed by atoms with Gasteiger partial charge in [0.15, 0.2) is 0 Å². The van der Waals surface area contributed by atoms with E-state index in [1.165, 1.54) is 12.8 Å². The summed E-state index contributed by atoms with van der Waals surface area (Å²) in [4.78, 5) is 0. The van der Waals surface area contributed by atoms with Crippen molar-refractivity contribution in [1.29, 1.82) is 0 Å². The van der Waals surface area contributed by atoms with Gasteiger partial charge in [0.1, 0.15) is 0 Å². The zero-order valence-corrected chi connectivity index (χ0v) is 13.3. The summed E-state index contributed by atoms with van der Waals surface area (Å²) in [6.07, 6.45) is 16.0. The van der Waals surface area contributed by atoms with Gasteiger partial charge in [-0.15, -0.1) is 0 Å². The van der Waals surface area contributed by atoms with E-state index in [0.717, 1.165) is 0 Å². The molecule has 0 aliphatic heterocycles. The zero-order chi connectivity index (χ0) is 12.0. The van der Waals surface area contributed by atoms with Crippen LogP contribution < -0.4 is 0 Å². The summed E-state index contributed by atoms with van der Waals surface area (Å²) < 4.78 is 3.45. The maximum atomic E-state index is 2.31. The van der Waals surface area contributed by atoms with Crippen molar-refractivity contribution >= 4 is 0 Å². The van der Waals surface area contributed by atoms with Gasteiger partial charge in [-0.3, -0.25) is 0 Å². The van der Waals surface area contributed by atoms with Gasteiger partial charge in [0.2, 0.25) is 0 Å². The summed E-state index contributed by atoms with van der Waals surface area (Å²) in [5.74, 6) is 0. The molecule has 0 N–H and O–H groups in total. The largest absolute Gasteiger partial charge is 0.0604 e. The fraction of sp³-hybridized carbons (Fsp3) is 0.467. The third-order valence-electron chi connectivity index (χ3n) is 1.86. The normalized spacial score (nSPS) is 17.8. The van der Waals surface area contributed by atoms with Crippen LogP contribution in [-0.4, -0.2) is 0 Å². The Kier molecular flexibility index (Phi) is 5.69. The Morgan fingerprint density at radius 3 is 1.50 bits per heavy atom. The van der Waals surface area contributed by atoms with E-state index < -0.39 is 0 Å². The minimum atomic E-state index is -0.312. The average molecular weight is 294 g/mol. The quantitative estimate of drug-likeness (QED) is 0.685. The monoisotopic (exact) mass is 292 g/mol. The molecule has 0 fully saturated rings. The predicted octanol–water partition coefficient (Wildman–Crippen LogP) is 4.81. The zero-order valence-electron chi connectivity index (χ0n) is 10.9. The van der Waals surface area contributed by atoms with Crippen molar-refractivity contribution in [3.63, 3.8) is 0 Å². The van der Waals surface area contributed by atoms with Gasteiger partial charge in [-0.05, 0) is 5.41 Å². The summed E-state index contributed by atoms with van der Waals surface area (Å²) in [5, 5.41) is 0. The van der Waals surface area contributed by atoms with Gasteiger partial charge in [-0.25, -0.2) is 0 Å². The van der Waals surface area contributed by atoms with Crippen molar-refractivity contribution in [3.05, 3.63) is 43.0 Å². The first-order chi connectivity index (χ1) is 7.45. The molecule has 0 saturated heterocycles. The van der Waals surface area contributed by atoms with Crippen LogP contribution in [0.3, 0.4) is 0 Å². The van der Waals surface area contributed by atoms with Crippen LogP contribution in [0.1, 0.15) is 40.5 Å². The Morgan fingerprint density at radius 1 is 0.875 bits per heavy atom. The van der Waals surface area contributed by atoms with Crippen LogP contribution in [0.25, 0.3) is 0 Å². The van der Waals surface area contributed by atoms with Crippen LogP contribution in [0.4, 0.5) is 0 Å². The molecule has 0 radical (unpaired) electrons. The third-order valence-corrected chi connectivity index (χ3v) is 5.27. The smallest absolute Gasteiger partial charge is 0.0411 e. The van der Waals surface area contributed by atoms with Crippen LogP contribution in [0.2, 0.25) is 0 Å². The minimum absolute atomic E-state index is 0.312. The van der Waals surface area contributed by atoms with E-state index in [4.69, 9.17) is 0 Å². The second-order valence-corrected chi connectivity index (χ2v) is 9.55. The van der Waals surface area contributed by atoms with E-state index in [2.05, 4.69) is 64.2 Å². The molecule has 0 bridgehead atoms. The van der Waals surface area contributed by atoms with Crippen LogP contribution in [0.15, 0.2) is 43.0 Å². The van der Waals surface area contributed by atoms with Gasteiger partial charge in [0, 0.05) is 0 Å². The summed E-state index contributed by atoms with van der Waals surface area (Å²) in [6.45, 7) is 8.75. The van der Waals surface area contributed by atoms with Crippen molar-refractivity contribution in [1.82, 2.24) is 0 Å². The molecule has 1 heteroatoms. The van der Waals surface area contributed by atoms with Crippen molar-refractivity contribution in [2.45, 2.75) is 40.5 Å². The predicted molar refractivity (Wildman–Crippen MR) is 68.8 cm³/mol. The van der Waals surface area contributed by atoms with Crippen molar-refractivity contribution in [2.75, 3.05) is 0 Å². The van der Waals surface area contributed by atoms with E-state index in [1.807, 2.05) is 0 Å². The van der Waals surface area contributed by atoms with E-state index >= 15 is 0 Å². The van der Waals surface area contributed by atoms with Crippen LogP contribution >= 0.6 is 0 Å². The number of allylic oxidation sites excluding steroid dienone is 8. The fourth-order valence-corrected chi connectivity index (χ4v) is 4.26. The number of hydrogen-bond acceptors (Lipinski definition) is 0. The van der Waals surface area contributed by atoms with Crippen LogP contribution in [-0.2, 0) is 23.2 Å². The standard InChI is InChI=1S/2C5H5.C5H12.Zr/c2*1-2-4-5-3-1;1-5(2,3)4;/h2*1-3H,4H2;1-4H3;. The number of hydrogen-bond donors (Lipinski definition) is 0. The van der Waals surface area contributed by atoms with Gasteiger partial charge in [-0.2, -0.15) is 0 Å². The molecule has 0 aromatic heterocycles. The molecular formula is C15H22Zr. The Balaban J connectivity index is 0.000000221. The molecule has 2 aliphatic rings. The fourth-order valence-electron chi connectivity index (χ4n) is 1.29. The first-order valence-electron chi connectivity index (χ1n) is 5.93. The summed E-state index contributed by atoms with van der Waals surface area (Å²) in [5.41, 5.74) is 0.500. The average Bonchev–Trinajstić information content (AvgIpc) is 2.74. The molecule has 0 aromatic rings. The summed E-state index contributed by atoms with van der Waals surface area (Å²) >= 11 is -0.312. The van der Waals surface area contributed by atoms with E-state index in [9.17, 15) is 0 Å². The Morgan fingerprint density at radius 2 is 1.25 bits per heavy atom. The first-order valence-corrected chi connectivity index (χ1v) is 8.39. The molecule has 0 amide bonds. The molecule has 0 saturated carbocycles. The maximum absolute atomic E-state index is 2.31. The summed E-state index contributed by atoms with van der Waals surface area (Å²) in [6, 6.07) is 0. The maximum Gasteiger partial charge on any atom is -0.0411 e. The number of rotatable bonds is 2.